The van der Waals surface area contributed by atoms with Crippen molar-refractivity contribution in [1.82, 2.24) is 0 Å². The van der Waals surface area contributed by atoms with E-state index in [-0.39, 0.29) is 5.75 Å². The monoisotopic (exact) mass is 196 g/mol. The van der Waals surface area contributed by atoms with E-state index in [2.05, 4.69) is 0 Å². The van der Waals surface area contributed by atoms with Crippen LogP contribution in [0.25, 0.3) is 0 Å². The van der Waals surface area contributed by atoms with E-state index in [4.69, 9.17) is 14.9 Å². The third-order valence-corrected chi connectivity index (χ3v) is 2.23. The number of aromatic hydroxyl groups is 1. The van der Waals surface area contributed by atoms with Crippen molar-refractivity contribution in [1.29, 1.82) is 0 Å². The number of hydrogen-bond donors (Lipinski definition) is 2. The number of methoxy groups -OCH3 is 1. The lowest BCUT2D eigenvalue weighted by molar-refractivity contribution is -0.161. The fraction of sp³-hybridized carbons (Fsp3) is 0.300. The van der Waals surface area contributed by atoms with Crippen LogP contribution in [0, 0.1) is 0 Å². The zero-order valence-electron chi connectivity index (χ0n) is 8.02. The van der Waals surface area contributed by atoms with Crippen LogP contribution in [0.3, 0.4) is 0 Å². The van der Waals surface area contributed by atoms with E-state index in [0.717, 1.165) is 0 Å². The van der Waals surface area contributed by atoms with Gasteiger partial charge in [0, 0.05) is 7.11 Å². The molecule has 0 spiro atoms. The van der Waals surface area contributed by atoms with Crippen LogP contribution in [-0.2, 0) is 15.1 Å². The first-order valence-electron chi connectivity index (χ1n) is 4.09. The Bertz CT molecular complexity index is 330. The molecule has 76 valence electrons. The number of rotatable bonds is 3. The molecular weight excluding hydrogens is 184 g/mol. The molecular formula is C10H12O4. The van der Waals surface area contributed by atoms with Gasteiger partial charge < -0.3 is 14.9 Å². The molecule has 0 aliphatic heterocycles. The molecule has 0 heterocycles. The molecule has 1 aromatic carbocycles. The number of carboxylic acids is 1. The zero-order valence-corrected chi connectivity index (χ0v) is 8.02. The summed E-state index contributed by atoms with van der Waals surface area (Å²) in [6.45, 7) is 1.46. The summed E-state index contributed by atoms with van der Waals surface area (Å²) in [5.41, 5.74) is -0.876. The lowest BCUT2D eigenvalue weighted by Gasteiger charge is -2.23. The van der Waals surface area contributed by atoms with Gasteiger partial charge in [-0.25, -0.2) is 4.79 Å². The maximum Gasteiger partial charge on any atom is 0.340 e. The summed E-state index contributed by atoms with van der Waals surface area (Å²) in [6, 6.07) is 5.89. The number of benzene rings is 1. The van der Waals surface area contributed by atoms with Gasteiger partial charge in [0.15, 0.2) is 5.60 Å². The Labute approximate surface area is 81.8 Å². The molecule has 14 heavy (non-hydrogen) atoms. The molecule has 0 aliphatic rings. The van der Waals surface area contributed by atoms with Gasteiger partial charge in [-0.3, -0.25) is 0 Å². The largest absolute Gasteiger partial charge is 0.508 e. The van der Waals surface area contributed by atoms with Gasteiger partial charge in [-0.2, -0.15) is 0 Å². The first-order valence-corrected chi connectivity index (χ1v) is 4.09. The van der Waals surface area contributed by atoms with Crippen molar-refractivity contribution in [2.45, 2.75) is 12.5 Å². The van der Waals surface area contributed by atoms with Crippen LogP contribution >= 0.6 is 0 Å². The minimum atomic E-state index is -1.37. The second-order valence-electron chi connectivity index (χ2n) is 3.09. The highest BCUT2D eigenvalue weighted by Crippen LogP contribution is 2.26. The van der Waals surface area contributed by atoms with Gasteiger partial charge in [-0.15, -0.1) is 0 Å². The minimum Gasteiger partial charge on any atom is -0.508 e. The van der Waals surface area contributed by atoms with E-state index >= 15 is 0 Å². The first kappa shape index (κ1) is 10.5. The van der Waals surface area contributed by atoms with Gasteiger partial charge in [0.05, 0.1) is 0 Å². The summed E-state index contributed by atoms with van der Waals surface area (Å²) >= 11 is 0. The Balaban J connectivity index is 3.13. The zero-order chi connectivity index (χ0) is 10.8. The quantitative estimate of drug-likeness (QED) is 0.765. The molecule has 1 atom stereocenters. The Kier molecular flexibility index (Phi) is 2.76. The number of carbonyl (C=O) groups is 1. The highest BCUT2D eigenvalue weighted by molar-refractivity contribution is 5.79. The van der Waals surface area contributed by atoms with E-state index in [1.807, 2.05) is 0 Å². The van der Waals surface area contributed by atoms with Gasteiger partial charge >= 0.3 is 5.97 Å². The predicted octanol–water partition coefficient (Wildman–Crippen LogP) is 1.34. The average Bonchev–Trinajstić information content (AvgIpc) is 2.17. The van der Waals surface area contributed by atoms with Crippen LogP contribution in [0.5, 0.6) is 5.75 Å². The molecule has 4 nitrogen and oxygen atoms in total. The van der Waals surface area contributed by atoms with E-state index in [9.17, 15) is 4.79 Å². The second kappa shape index (κ2) is 3.67. The van der Waals surface area contributed by atoms with E-state index < -0.39 is 11.6 Å². The van der Waals surface area contributed by atoms with E-state index in [1.54, 1.807) is 0 Å². The smallest absolute Gasteiger partial charge is 0.340 e. The number of phenolic OH excluding ortho intramolecular Hbond substituents is 1. The van der Waals surface area contributed by atoms with Crippen molar-refractivity contribution in [3.05, 3.63) is 29.8 Å². The Hall–Kier alpha value is -1.55. The van der Waals surface area contributed by atoms with Gasteiger partial charge in [-0.05, 0) is 24.6 Å². The summed E-state index contributed by atoms with van der Waals surface area (Å²) in [5, 5.41) is 18.0. The van der Waals surface area contributed by atoms with Gasteiger partial charge in [-0.1, -0.05) is 12.1 Å². The highest BCUT2D eigenvalue weighted by Gasteiger charge is 2.34. The van der Waals surface area contributed by atoms with Crippen LogP contribution in [0.4, 0.5) is 0 Å². The second-order valence-corrected chi connectivity index (χ2v) is 3.09. The van der Waals surface area contributed by atoms with Gasteiger partial charge in [0.1, 0.15) is 5.75 Å². The lowest BCUT2D eigenvalue weighted by Crippen LogP contribution is -2.34. The van der Waals surface area contributed by atoms with E-state index in [1.165, 1.54) is 38.3 Å². The molecule has 1 unspecified atom stereocenters. The number of carboxylic acid groups (broad SMARTS) is 1. The molecule has 0 saturated heterocycles. The molecule has 1 aromatic rings. The maximum atomic E-state index is 11.0. The Morgan fingerprint density at radius 3 is 2.21 bits per heavy atom. The van der Waals surface area contributed by atoms with Crippen LogP contribution in [0.2, 0.25) is 0 Å². The molecule has 2 N–H and O–H groups in total. The van der Waals surface area contributed by atoms with Crippen LogP contribution in [-0.4, -0.2) is 23.3 Å². The number of aliphatic carboxylic acids is 1. The van der Waals surface area contributed by atoms with Gasteiger partial charge in [0.25, 0.3) is 0 Å². The van der Waals surface area contributed by atoms with Gasteiger partial charge in [0.2, 0.25) is 0 Å². The summed E-state index contributed by atoms with van der Waals surface area (Å²) in [7, 11) is 1.33. The van der Waals surface area contributed by atoms with Crippen molar-refractivity contribution >= 4 is 5.97 Å². The van der Waals surface area contributed by atoms with Crippen molar-refractivity contribution < 1.29 is 19.7 Å². The van der Waals surface area contributed by atoms with Crippen molar-refractivity contribution in [2.24, 2.45) is 0 Å². The SMILES string of the molecule is COC(C)(C(=O)O)c1ccc(O)cc1. The van der Waals surface area contributed by atoms with Crippen LogP contribution < -0.4 is 0 Å². The molecule has 4 heteroatoms. The Morgan fingerprint density at radius 1 is 1.36 bits per heavy atom. The Morgan fingerprint density at radius 2 is 1.86 bits per heavy atom. The minimum absolute atomic E-state index is 0.0950. The van der Waals surface area contributed by atoms with Crippen molar-refractivity contribution in [3.63, 3.8) is 0 Å². The van der Waals surface area contributed by atoms with Crippen LogP contribution in [0.15, 0.2) is 24.3 Å². The van der Waals surface area contributed by atoms with Crippen molar-refractivity contribution in [3.8, 4) is 5.75 Å². The maximum absolute atomic E-state index is 11.0. The predicted molar refractivity (Wildman–Crippen MR) is 50.1 cm³/mol. The summed E-state index contributed by atoms with van der Waals surface area (Å²) in [4.78, 5) is 11.0. The summed E-state index contributed by atoms with van der Waals surface area (Å²) < 4.78 is 4.94. The molecule has 0 bridgehead atoms. The number of hydrogen-bond acceptors (Lipinski definition) is 3. The fourth-order valence-electron chi connectivity index (χ4n) is 1.11. The third kappa shape index (κ3) is 1.70. The first-order chi connectivity index (χ1) is 6.50. The number of phenols is 1. The van der Waals surface area contributed by atoms with Crippen LogP contribution in [0.1, 0.15) is 12.5 Å². The molecule has 1 rings (SSSR count). The summed E-state index contributed by atoms with van der Waals surface area (Å²) in [6.07, 6.45) is 0. The normalized spacial score (nSPS) is 14.7. The lowest BCUT2D eigenvalue weighted by atomic mass is 9.96. The summed E-state index contributed by atoms with van der Waals surface area (Å²) in [5.74, 6) is -0.969. The highest BCUT2D eigenvalue weighted by atomic mass is 16.5. The fourth-order valence-corrected chi connectivity index (χ4v) is 1.11. The molecule has 0 radical (unpaired) electrons. The average molecular weight is 196 g/mol. The number of ether oxygens (including phenoxy) is 1. The molecule has 0 saturated carbocycles. The molecule has 0 aromatic heterocycles. The topological polar surface area (TPSA) is 66.8 Å². The molecule has 0 fully saturated rings. The standard InChI is InChI=1S/C10H12O4/c1-10(14-2,9(12)13)7-3-5-8(11)6-4-7/h3-6,11H,1-2H3,(H,12,13). The third-order valence-electron chi connectivity index (χ3n) is 2.23. The van der Waals surface area contributed by atoms with Crippen molar-refractivity contribution in [2.75, 3.05) is 7.11 Å². The molecule has 0 amide bonds. The van der Waals surface area contributed by atoms with E-state index in [0.29, 0.717) is 5.56 Å². The molecule has 0 aliphatic carbocycles.